The van der Waals surface area contributed by atoms with Gasteiger partial charge >= 0.3 is 12.4 Å². The van der Waals surface area contributed by atoms with E-state index in [4.69, 9.17) is 0 Å². The van der Waals surface area contributed by atoms with E-state index in [-0.39, 0.29) is 12.1 Å². The molecule has 1 rings (SSSR count). The molecule has 1 aromatic carbocycles. The molecule has 0 fully saturated rings. The van der Waals surface area contributed by atoms with Crippen LogP contribution in [0.15, 0.2) is 12.1 Å². The first-order valence-electron chi connectivity index (χ1n) is 4.09. The molecule has 0 radical (unpaired) electrons. The molecule has 0 heterocycles. The van der Waals surface area contributed by atoms with Crippen molar-refractivity contribution < 1.29 is 35.5 Å². The fourth-order valence-corrected chi connectivity index (χ4v) is 1.26. The predicted octanol–water partition coefficient (Wildman–Crippen LogP) is 3.87. The lowest BCUT2D eigenvalue weighted by molar-refractivity contribution is -0.163. The third-order valence-corrected chi connectivity index (χ3v) is 1.88. The van der Waals surface area contributed by atoms with Crippen molar-refractivity contribution >= 4 is 0 Å². The zero-order valence-electron chi connectivity index (χ0n) is 8.21. The van der Waals surface area contributed by atoms with Crippen molar-refractivity contribution in [1.82, 2.24) is 0 Å². The molecule has 17 heavy (non-hydrogen) atoms. The van der Waals surface area contributed by atoms with Crippen LogP contribution < -0.4 is 4.74 Å². The number of hydrogen-bond donors (Lipinski definition) is 0. The Kier molecular flexibility index (Phi) is 3.26. The summed E-state index contributed by atoms with van der Waals surface area (Å²) in [4.78, 5) is 0. The summed E-state index contributed by atoms with van der Waals surface area (Å²) in [5.74, 6) is -2.66. The maximum Gasteiger partial charge on any atom is 0.420 e. The van der Waals surface area contributed by atoms with Gasteiger partial charge in [0.05, 0.1) is 12.7 Å². The number of methoxy groups -OCH3 is 1. The summed E-state index contributed by atoms with van der Waals surface area (Å²) < 4.78 is 91.3. The molecule has 0 aromatic heterocycles. The van der Waals surface area contributed by atoms with Crippen molar-refractivity contribution in [2.24, 2.45) is 0 Å². The summed E-state index contributed by atoms with van der Waals surface area (Å²) in [6.45, 7) is 0. The van der Waals surface area contributed by atoms with Crippen molar-refractivity contribution in [1.29, 1.82) is 0 Å². The largest absolute Gasteiger partial charge is 0.496 e. The summed E-state index contributed by atoms with van der Waals surface area (Å²) in [7, 11) is 0.726. The molecule has 0 N–H and O–H groups in total. The van der Waals surface area contributed by atoms with E-state index in [1.54, 1.807) is 0 Å². The second-order valence-electron chi connectivity index (χ2n) is 3.03. The normalized spacial score (nSPS) is 12.7. The van der Waals surface area contributed by atoms with Crippen LogP contribution >= 0.6 is 0 Å². The minimum absolute atomic E-state index is 0.217. The van der Waals surface area contributed by atoms with Crippen molar-refractivity contribution in [2.45, 2.75) is 12.4 Å². The van der Waals surface area contributed by atoms with E-state index in [9.17, 15) is 30.7 Å². The summed E-state index contributed by atoms with van der Waals surface area (Å²) in [6, 6.07) is 0.0312. The second kappa shape index (κ2) is 4.08. The molecule has 0 saturated heterocycles. The Morgan fingerprint density at radius 3 is 1.82 bits per heavy atom. The van der Waals surface area contributed by atoms with Crippen LogP contribution in [0, 0.1) is 5.82 Å². The number of halogens is 7. The molecule has 0 amide bonds. The Balaban J connectivity index is 3.63. The van der Waals surface area contributed by atoms with Gasteiger partial charge in [0, 0.05) is 6.07 Å². The molecule has 0 aliphatic carbocycles. The van der Waals surface area contributed by atoms with E-state index >= 15 is 0 Å². The van der Waals surface area contributed by atoms with Gasteiger partial charge in [0.25, 0.3) is 0 Å². The van der Waals surface area contributed by atoms with Crippen LogP contribution in [0.3, 0.4) is 0 Å². The predicted molar refractivity (Wildman–Crippen MR) is 43.0 cm³/mol. The van der Waals surface area contributed by atoms with Gasteiger partial charge in [-0.3, -0.25) is 0 Å². The molecule has 8 heteroatoms. The van der Waals surface area contributed by atoms with Crippen LogP contribution in [-0.4, -0.2) is 7.11 Å². The molecule has 0 spiro atoms. The number of rotatable bonds is 1. The quantitative estimate of drug-likeness (QED) is 0.698. The highest BCUT2D eigenvalue weighted by Gasteiger charge is 2.46. The van der Waals surface area contributed by atoms with Crippen LogP contribution in [0.2, 0.25) is 0 Å². The molecular weight excluding hydrogens is 257 g/mol. The second-order valence-corrected chi connectivity index (χ2v) is 3.03. The number of hydrogen-bond acceptors (Lipinski definition) is 1. The average molecular weight is 262 g/mol. The number of benzene rings is 1. The van der Waals surface area contributed by atoms with E-state index in [0.29, 0.717) is 0 Å². The standard InChI is InChI=1S/C9H5F7O/c1-17-6-3-4(10)2-5(8(11,12)13)7(6)9(14,15)16/h2-3H,1H3. The van der Waals surface area contributed by atoms with E-state index in [0.717, 1.165) is 7.11 Å². The summed E-state index contributed by atoms with van der Waals surface area (Å²) >= 11 is 0. The lowest BCUT2D eigenvalue weighted by atomic mass is 10.0. The van der Waals surface area contributed by atoms with Crippen LogP contribution in [-0.2, 0) is 12.4 Å². The van der Waals surface area contributed by atoms with E-state index in [1.807, 2.05) is 0 Å². The van der Waals surface area contributed by atoms with Crippen molar-refractivity contribution in [3.63, 3.8) is 0 Å². The number of ether oxygens (including phenoxy) is 1. The smallest absolute Gasteiger partial charge is 0.420 e. The van der Waals surface area contributed by atoms with Gasteiger partial charge in [-0.15, -0.1) is 0 Å². The fraction of sp³-hybridized carbons (Fsp3) is 0.333. The van der Waals surface area contributed by atoms with E-state index in [1.165, 1.54) is 0 Å². The van der Waals surface area contributed by atoms with Crippen LogP contribution in [0.25, 0.3) is 0 Å². The van der Waals surface area contributed by atoms with Crippen molar-refractivity contribution in [3.8, 4) is 5.75 Å². The SMILES string of the molecule is COc1cc(F)cc(C(F)(F)F)c1C(F)(F)F. The molecule has 0 saturated carbocycles. The maximum atomic E-state index is 12.8. The molecule has 0 atom stereocenters. The van der Waals surface area contributed by atoms with E-state index in [2.05, 4.69) is 4.74 Å². The minimum Gasteiger partial charge on any atom is -0.496 e. The molecule has 1 aromatic rings. The number of alkyl halides is 6. The van der Waals surface area contributed by atoms with Gasteiger partial charge in [-0.1, -0.05) is 0 Å². The van der Waals surface area contributed by atoms with Crippen LogP contribution in [0.5, 0.6) is 5.75 Å². The summed E-state index contributed by atoms with van der Waals surface area (Å²) in [6.07, 6.45) is -10.6. The first-order valence-corrected chi connectivity index (χ1v) is 4.09. The zero-order valence-corrected chi connectivity index (χ0v) is 8.21. The van der Waals surface area contributed by atoms with Crippen molar-refractivity contribution in [3.05, 3.63) is 29.1 Å². The highest BCUT2D eigenvalue weighted by Crippen LogP contribution is 2.45. The third-order valence-electron chi connectivity index (χ3n) is 1.88. The Labute approximate surface area is 90.8 Å². The monoisotopic (exact) mass is 262 g/mol. The van der Waals surface area contributed by atoms with E-state index < -0.39 is 35.0 Å². The first-order chi connectivity index (χ1) is 7.57. The first kappa shape index (κ1) is 13.6. The minimum atomic E-state index is -5.32. The topological polar surface area (TPSA) is 9.23 Å². The van der Waals surface area contributed by atoms with Gasteiger partial charge in [-0.2, -0.15) is 26.3 Å². The molecular formula is C9H5F7O. The summed E-state index contributed by atoms with van der Waals surface area (Å²) in [5, 5.41) is 0. The molecule has 96 valence electrons. The van der Waals surface area contributed by atoms with Gasteiger partial charge in [0.15, 0.2) is 0 Å². The Morgan fingerprint density at radius 2 is 1.47 bits per heavy atom. The molecule has 0 unspecified atom stereocenters. The average Bonchev–Trinajstić information content (AvgIpc) is 2.12. The van der Waals surface area contributed by atoms with Crippen molar-refractivity contribution in [2.75, 3.05) is 7.11 Å². The molecule has 1 nitrogen and oxygen atoms in total. The van der Waals surface area contributed by atoms with Crippen LogP contribution in [0.4, 0.5) is 30.7 Å². The molecule has 0 bridgehead atoms. The fourth-order valence-electron chi connectivity index (χ4n) is 1.26. The Hall–Kier alpha value is -1.47. The lowest BCUT2D eigenvalue weighted by Crippen LogP contribution is -2.18. The van der Waals surface area contributed by atoms with Gasteiger partial charge in [-0.25, -0.2) is 4.39 Å². The Morgan fingerprint density at radius 1 is 0.941 bits per heavy atom. The van der Waals surface area contributed by atoms with Gasteiger partial charge in [0.2, 0.25) is 0 Å². The van der Waals surface area contributed by atoms with Gasteiger partial charge < -0.3 is 4.74 Å². The Bertz CT molecular complexity index is 419. The van der Waals surface area contributed by atoms with Gasteiger partial charge in [-0.05, 0) is 6.07 Å². The molecule has 0 aliphatic rings. The third kappa shape index (κ3) is 2.80. The highest BCUT2D eigenvalue weighted by molar-refractivity contribution is 5.44. The highest BCUT2D eigenvalue weighted by atomic mass is 19.4. The maximum absolute atomic E-state index is 12.8. The molecule has 0 aliphatic heterocycles. The van der Waals surface area contributed by atoms with Gasteiger partial charge in [0.1, 0.15) is 17.1 Å². The zero-order chi connectivity index (χ0) is 13.4. The summed E-state index contributed by atoms with van der Waals surface area (Å²) in [5.41, 5.74) is -4.14. The van der Waals surface area contributed by atoms with Crippen LogP contribution in [0.1, 0.15) is 11.1 Å². The lowest BCUT2D eigenvalue weighted by Gasteiger charge is -2.18.